The molecule has 3 rings (SSSR count). The molecule has 0 unspecified atom stereocenters. The van der Waals surface area contributed by atoms with E-state index in [1.807, 2.05) is 34.6 Å². The minimum absolute atomic E-state index is 0.0386. The van der Waals surface area contributed by atoms with E-state index in [2.05, 4.69) is 29.8 Å². The average Bonchev–Trinajstić information content (AvgIpc) is 3.06. The maximum Gasteiger partial charge on any atom is 0.315 e. The molecule has 4 amide bonds. The van der Waals surface area contributed by atoms with Gasteiger partial charge in [-0.05, 0) is 48.9 Å². The lowest BCUT2D eigenvalue weighted by molar-refractivity contribution is -0.145. The van der Waals surface area contributed by atoms with E-state index in [9.17, 15) is 24.0 Å². The molecule has 2 aliphatic carbocycles. The second kappa shape index (κ2) is 10.1. The number of fused-ring (bicyclic) bond motifs is 1. The molecule has 0 aromatic heterocycles. The number of hydrogen-bond donors (Lipinski definition) is 3. The summed E-state index contributed by atoms with van der Waals surface area (Å²) in [6.45, 7) is 15.1. The summed E-state index contributed by atoms with van der Waals surface area (Å²) < 4.78 is 0. The normalized spacial score (nSPS) is 26.4. The topological polar surface area (TPSA) is 125 Å². The van der Waals surface area contributed by atoms with E-state index < -0.39 is 41.1 Å². The van der Waals surface area contributed by atoms with Crippen LogP contribution in [0.5, 0.6) is 0 Å². The Morgan fingerprint density at radius 2 is 1.61 bits per heavy atom. The number of nitrogens with one attached hydrogen (secondary N) is 3. The molecule has 3 N–H and O–H groups in total. The molecule has 1 aliphatic heterocycles. The molecule has 36 heavy (non-hydrogen) atoms. The number of carbonyl (C=O) groups is 5. The molecule has 0 bridgehead atoms. The second-order valence-corrected chi connectivity index (χ2v) is 13.0. The van der Waals surface area contributed by atoms with E-state index in [1.165, 1.54) is 6.92 Å². The van der Waals surface area contributed by atoms with E-state index in [1.54, 1.807) is 4.90 Å². The number of amides is 4. The van der Waals surface area contributed by atoms with Crippen molar-refractivity contribution in [2.24, 2.45) is 28.6 Å². The van der Waals surface area contributed by atoms with Gasteiger partial charge in [-0.25, -0.2) is 4.79 Å². The molecule has 3 aliphatic rings. The Morgan fingerprint density at radius 1 is 1.00 bits per heavy atom. The fourth-order valence-corrected chi connectivity index (χ4v) is 5.86. The van der Waals surface area contributed by atoms with Crippen LogP contribution in [0.3, 0.4) is 0 Å². The first-order valence-electron chi connectivity index (χ1n) is 13.3. The second-order valence-electron chi connectivity index (χ2n) is 13.0. The summed E-state index contributed by atoms with van der Waals surface area (Å²) in [4.78, 5) is 66.2. The predicted molar refractivity (Wildman–Crippen MR) is 136 cm³/mol. The minimum Gasteiger partial charge on any atom is -0.344 e. The van der Waals surface area contributed by atoms with Crippen LogP contribution in [0.1, 0.15) is 81.1 Å². The van der Waals surface area contributed by atoms with Gasteiger partial charge < -0.3 is 20.9 Å². The Morgan fingerprint density at radius 3 is 2.08 bits per heavy atom. The third kappa shape index (κ3) is 5.75. The van der Waals surface area contributed by atoms with E-state index in [0.717, 1.165) is 19.3 Å². The zero-order valence-corrected chi connectivity index (χ0v) is 23.1. The van der Waals surface area contributed by atoms with Gasteiger partial charge in [-0.1, -0.05) is 53.9 Å². The van der Waals surface area contributed by atoms with Crippen LogP contribution in [0.15, 0.2) is 0 Å². The zero-order chi connectivity index (χ0) is 27.2. The molecule has 202 valence electrons. The van der Waals surface area contributed by atoms with Crippen LogP contribution >= 0.6 is 0 Å². The summed E-state index contributed by atoms with van der Waals surface area (Å²) in [5.41, 5.74) is -0.696. The lowest BCUT2D eigenvalue weighted by Gasteiger charge is -2.38. The molecule has 1 saturated heterocycles. The zero-order valence-electron chi connectivity index (χ0n) is 23.1. The molecule has 9 heteroatoms. The van der Waals surface area contributed by atoms with Gasteiger partial charge in [-0.15, -0.1) is 0 Å². The highest BCUT2D eigenvalue weighted by Crippen LogP contribution is 2.65. The molecule has 5 atom stereocenters. The third-order valence-corrected chi connectivity index (χ3v) is 8.34. The number of piperidine rings is 1. The standard InChI is InChI=1S/C27H44N4O5/c1-14(2)28-25(36)30-22(26(4,5)6)24(35)31-13-17-19(27(17,7)8)20(31)23(34)29-18(21(33)15(3)32)12-16-10-9-11-16/h14,16-20,22H,9-13H2,1-8H3,(H,29,34)(H2,28,30,36)/t17-,18-,19-,20-,22+/m0/s1. The predicted octanol–water partition coefficient (Wildman–Crippen LogP) is 2.42. The summed E-state index contributed by atoms with van der Waals surface area (Å²) >= 11 is 0. The van der Waals surface area contributed by atoms with Crippen molar-refractivity contribution in [2.45, 2.75) is 105 Å². The lowest BCUT2D eigenvalue weighted by atomic mass is 9.79. The Labute approximate surface area is 214 Å². The highest BCUT2D eigenvalue weighted by Gasteiger charge is 2.69. The summed E-state index contributed by atoms with van der Waals surface area (Å²) in [6, 6.07) is -2.98. The first-order valence-corrected chi connectivity index (χ1v) is 13.3. The number of ketones is 2. The van der Waals surface area contributed by atoms with Crippen LogP contribution < -0.4 is 16.0 Å². The Bertz CT molecular complexity index is 918. The van der Waals surface area contributed by atoms with Crippen molar-refractivity contribution < 1.29 is 24.0 Å². The number of nitrogens with zero attached hydrogens (tertiary/aromatic N) is 1. The molecule has 0 aromatic rings. The molecule has 0 spiro atoms. The molecule has 3 fully saturated rings. The van der Waals surface area contributed by atoms with E-state index in [0.29, 0.717) is 18.9 Å². The lowest BCUT2D eigenvalue weighted by Crippen LogP contribution is -2.61. The highest BCUT2D eigenvalue weighted by molar-refractivity contribution is 6.38. The monoisotopic (exact) mass is 504 g/mol. The van der Waals surface area contributed by atoms with Gasteiger partial charge in [-0.3, -0.25) is 19.2 Å². The van der Waals surface area contributed by atoms with Gasteiger partial charge >= 0.3 is 6.03 Å². The van der Waals surface area contributed by atoms with Gasteiger partial charge in [0.2, 0.25) is 17.6 Å². The van der Waals surface area contributed by atoms with E-state index >= 15 is 0 Å². The maximum atomic E-state index is 13.8. The summed E-state index contributed by atoms with van der Waals surface area (Å²) in [5, 5.41) is 8.44. The van der Waals surface area contributed by atoms with Crippen LogP contribution in [-0.2, 0) is 19.2 Å². The van der Waals surface area contributed by atoms with Crippen LogP contribution in [0.2, 0.25) is 0 Å². The molecular weight excluding hydrogens is 460 g/mol. The summed E-state index contributed by atoms with van der Waals surface area (Å²) in [6.07, 6.45) is 3.51. The number of likely N-dealkylation sites (tertiary alicyclic amines) is 1. The van der Waals surface area contributed by atoms with Gasteiger partial charge in [0, 0.05) is 19.5 Å². The van der Waals surface area contributed by atoms with E-state index in [4.69, 9.17) is 0 Å². The Hall–Kier alpha value is -2.45. The fraction of sp³-hybridized carbons (Fsp3) is 0.815. The summed E-state index contributed by atoms with van der Waals surface area (Å²) in [5.74, 6) is -1.41. The van der Waals surface area contributed by atoms with Crippen molar-refractivity contribution in [1.82, 2.24) is 20.9 Å². The molecule has 9 nitrogen and oxygen atoms in total. The molecule has 0 aromatic carbocycles. The molecular formula is C27H44N4O5. The van der Waals surface area contributed by atoms with Crippen molar-refractivity contribution in [2.75, 3.05) is 6.54 Å². The number of hydrogen-bond acceptors (Lipinski definition) is 5. The maximum absolute atomic E-state index is 13.8. The largest absolute Gasteiger partial charge is 0.344 e. The van der Waals surface area contributed by atoms with Crippen LogP contribution in [0, 0.1) is 28.6 Å². The van der Waals surface area contributed by atoms with Gasteiger partial charge in [0.1, 0.15) is 12.1 Å². The third-order valence-electron chi connectivity index (χ3n) is 8.34. The Kier molecular flexibility index (Phi) is 7.92. The van der Waals surface area contributed by atoms with Crippen molar-refractivity contribution in [3.05, 3.63) is 0 Å². The van der Waals surface area contributed by atoms with Crippen molar-refractivity contribution >= 4 is 29.4 Å². The number of rotatable bonds is 9. The van der Waals surface area contributed by atoms with Crippen LogP contribution in [0.4, 0.5) is 4.79 Å². The van der Waals surface area contributed by atoms with Gasteiger partial charge in [-0.2, -0.15) is 0 Å². The SMILES string of the molecule is CC(=O)C(=O)[C@H](CC1CCC1)NC(=O)[C@@H]1[C@@H]2[C@H](CN1C(=O)[C@@H](NC(=O)NC(C)C)C(C)(C)C)C2(C)C. The first kappa shape index (κ1) is 28.1. The quantitative estimate of drug-likeness (QED) is 0.416. The summed E-state index contributed by atoms with van der Waals surface area (Å²) in [7, 11) is 0. The van der Waals surface area contributed by atoms with Gasteiger partial charge in [0.15, 0.2) is 5.78 Å². The van der Waals surface area contributed by atoms with Gasteiger partial charge in [0.05, 0.1) is 6.04 Å². The van der Waals surface area contributed by atoms with E-state index in [-0.39, 0.29) is 35.1 Å². The van der Waals surface area contributed by atoms with Crippen molar-refractivity contribution in [3.8, 4) is 0 Å². The number of urea groups is 1. The van der Waals surface area contributed by atoms with Crippen molar-refractivity contribution in [1.29, 1.82) is 0 Å². The Balaban J connectivity index is 1.83. The fourth-order valence-electron chi connectivity index (χ4n) is 5.86. The molecule has 0 radical (unpaired) electrons. The number of Topliss-reactive ketones (excluding diaryl/α,β-unsaturated/α-hetero) is 2. The van der Waals surface area contributed by atoms with Crippen LogP contribution in [-0.4, -0.2) is 65.0 Å². The van der Waals surface area contributed by atoms with Crippen molar-refractivity contribution in [3.63, 3.8) is 0 Å². The smallest absolute Gasteiger partial charge is 0.315 e. The minimum atomic E-state index is -0.869. The molecule has 2 saturated carbocycles. The highest BCUT2D eigenvalue weighted by atomic mass is 16.2. The van der Waals surface area contributed by atoms with Gasteiger partial charge in [0.25, 0.3) is 0 Å². The number of carbonyl (C=O) groups excluding carboxylic acids is 5. The first-order chi connectivity index (χ1) is 16.6. The molecule has 1 heterocycles. The average molecular weight is 505 g/mol. The van der Waals surface area contributed by atoms with Crippen LogP contribution in [0.25, 0.3) is 0 Å².